The number of rotatable bonds is 4. The molecule has 1 saturated heterocycles. The second-order valence-electron chi connectivity index (χ2n) is 4.83. The average Bonchev–Trinajstić information content (AvgIpc) is 2.40. The van der Waals surface area contributed by atoms with Crippen LogP contribution >= 0.6 is 11.6 Å². The topological polar surface area (TPSA) is 49.6 Å². The van der Waals surface area contributed by atoms with E-state index in [1.807, 2.05) is 23.1 Å². The number of hydrogen-bond acceptors (Lipinski definition) is 3. The summed E-state index contributed by atoms with van der Waals surface area (Å²) in [6.45, 7) is 4.71. The second kappa shape index (κ2) is 6.89. The second-order valence-corrected chi connectivity index (χ2v) is 5.26. The van der Waals surface area contributed by atoms with Crippen molar-refractivity contribution in [2.45, 2.75) is 13.0 Å². The Balaban J connectivity index is 1.82. The number of halogens is 1. The molecule has 2 N–H and O–H groups in total. The number of piperazine rings is 1. The number of nitrogens with zero attached hydrogens (tertiary/aromatic N) is 2. The van der Waals surface area contributed by atoms with E-state index in [9.17, 15) is 4.79 Å². The molecule has 1 aromatic carbocycles. The van der Waals surface area contributed by atoms with E-state index in [2.05, 4.69) is 11.0 Å². The quantitative estimate of drug-likeness (QED) is 0.906. The summed E-state index contributed by atoms with van der Waals surface area (Å²) >= 11 is 5.98. The van der Waals surface area contributed by atoms with Crippen LogP contribution in [0.3, 0.4) is 0 Å². The van der Waals surface area contributed by atoms with Gasteiger partial charge < -0.3 is 10.6 Å². The molecule has 0 bridgehead atoms. The molecule has 19 heavy (non-hydrogen) atoms. The molecule has 0 spiro atoms. The van der Waals surface area contributed by atoms with Crippen molar-refractivity contribution >= 4 is 17.5 Å². The lowest BCUT2D eigenvalue weighted by Gasteiger charge is -2.34. The maximum Gasteiger partial charge on any atom is 0.223 e. The van der Waals surface area contributed by atoms with Crippen LogP contribution in [0.1, 0.15) is 12.0 Å². The third-order valence-corrected chi connectivity index (χ3v) is 3.61. The summed E-state index contributed by atoms with van der Waals surface area (Å²) in [5.41, 5.74) is 6.63. The first-order valence-corrected chi connectivity index (χ1v) is 7.01. The van der Waals surface area contributed by atoms with Gasteiger partial charge in [0.15, 0.2) is 0 Å². The molecule has 1 aromatic rings. The molecule has 104 valence electrons. The highest BCUT2D eigenvalue weighted by Gasteiger charge is 2.20. The summed E-state index contributed by atoms with van der Waals surface area (Å²) < 4.78 is 0. The van der Waals surface area contributed by atoms with Crippen LogP contribution in [0.5, 0.6) is 0 Å². The summed E-state index contributed by atoms with van der Waals surface area (Å²) in [7, 11) is 0. The minimum atomic E-state index is 0.171. The fourth-order valence-electron chi connectivity index (χ4n) is 2.33. The van der Waals surface area contributed by atoms with E-state index in [4.69, 9.17) is 17.3 Å². The molecule has 2 rings (SSSR count). The molecule has 1 aliphatic rings. The molecule has 5 heteroatoms. The first kappa shape index (κ1) is 14.3. The van der Waals surface area contributed by atoms with E-state index in [1.54, 1.807) is 0 Å². The molecule has 1 fully saturated rings. The predicted octanol–water partition coefficient (Wildman–Crippen LogP) is 1.33. The number of benzene rings is 1. The zero-order valence-electron chi connectivity index (χ0n) is 11.0. The Morgan fingerprint density at radius 1 is 1.26 bits per heavy atom. The van der Waals surface area contributed by atoms with Gasteiger partial charge in [-0.1, -0.05) is 23.7 Å². The normalized spacial score (nSPS) is 16.6. The summed E-state index contributed by atoms with van der Waals surface area (Å²) in [6, 6.07) is 7.93. The van der Waals surface area contributed by atoms with Gasteiger partial charge in [-0.2, -0.15) is 0 Å². The van der Waals surface area contributed by atoms with Gasteiger partial charge in [0, 0.05) is 50.7 Å². The van der Waals surface area contributed by atoms with Crippen molar-refractivity contribution in [1.82, 2.24) is 9.80 Å². The largest absolute Gasteiger partial charge is 0.340 e. The van der Waals surface area contributed by atoms with Gasteiger partial charge in [-0.25, -0.2) is 0 Å². The molecule has 0 saturated carbocycles. The molecular weight excluding hydrogens is 262 g/mol. The van der Waals surface area contributed by atoms with Crippen molar-refractivity contribution < 1.29 is 4.79 Å². The van der Waals surface area contributed by atoms with Crippen LogP contribution in [0.15, 0.2) is 24.3 Å². The van der Waals surface area contributed by atoms with Crippen LogP contribution in [0.25, 0.3) is 0 Å². The van der Waals surface area contributed by atoms with Crippen LogP contribution < -0.4 is 5.73 Å². The standard InChI is InChI=1S/C14H20ClN3O/c15-13-3-1-2-12(10-13)11-17-6-8-18(9-7-17)14(19)4-5-16/h1-3,10H,4-9,11,16H2. The van der Waals surface area contributed by atoms with Crippen LogP contribution in [-0.4, -0.2) is 48.4 Å². The fraction of sp³-hybridized carbons (Fsp3) is 0.500. The Morgan fingerprint density at radius 2 is 2.00 bits per heavy atom. The van der Waals surface area contributed by atoms with E-state index in [0.717, 1.165) is 37.7 Å². The van der Waals surface area contributed by atoms with Crippen LogP contribution in [0, 0.1) is 0 Å². The van der Waals surface area contributed by atoms with E-state index < -0.39 is 0 Å². The minimum absolute atomic E-state index is 0.171. The van der Waals surface area contributed by atoms with Crippen molar-refractivity contribution in [1.29, 1.82) is 0 Å². The highest BCUT2D eigenvalue weighted by atomic mass is 35.5. The highest BCUT2D eigenvalue weighted by molar-refractivity contribution is 6.30. The molecule has 1 heterocycles. The van der Waals surface area contributed by atoms with E-state index in [-0.39, 0.29) is 5.91 Å². The van der Waals surface area contributed by atoms with Crippen molar-refractivity contribution in [3.8, 4) is 0 Å². The molecule has 0 aromatic heterocycles. The molecule has 0 unspecified atom stereocenters. The van der Waals surface area contributed by atoms with E-state index in [1.165, 1.54) is 5.56 Å². The van der Waals surface area contributed by atoms with Gasteiger partial charge in [-0.15, -0.1) is 0 Å². The Kier molecular flexibility index (Phi) is 5.19. The van der Waals surface area contributed by atoms with Crippen molar-refractivity contribution in [3.05, 3.63) is 34.9 Å². The first-order valence-electron chi connectivity index (χ1n) is 6.63. The maximum atomic E-state index is 11.7. The molecule has 4 nitrogen and oxygen atoms in total. The lowest BCUT2D eigenvalue weighted by Crippen LogP contribution is -2.48. The maximum absolute atomic E-state index is 11.7. The van der Waals surface area contributed by atoms with Gasteiger partial charge in [-0.3, -0.25) is 9.69 Å². The third-order valence-electron chi connectivity index (χ3n) is 3.38. The Labute approximate surface area is 119 Å². The van der Waals surface area contributed by atoms with Gasteiger partial charge in [0.2, 0.25) is 5.91 Å². The summed E-state index contributed by atoms with van der Waals surface area (Å²) in [5, 5.41) is 0.772. The Morgan fingerprint density at radius 3 is 2.63 bits per heavy atom. The Bertz CT molecular complexity index is 430. The van der Waals surface area contributed by atoms with E-state index in [0.29, 0.717) is 13.0 Å². The first-order chi connectivity index (χ1) is 9.19. The fourth-order valence-corrected chi connectivity index (χ4v) is 2.54. The minimum Gasteiger partial charge on any atom is -0.340 e. The summed E-state index contributed by atoms with van der Waals surface area (Å²) in [5.74, 6) is 0.171. The van der Waals surface area contributed by atoms with E-state index >= 15 is 0 Å². The number of amides is 1. The van der Waals surface area contributed by atoms with Gasteiger partial charge in [0.05, 0.1) is 0 Å². The smallest absolute Gasteiger partial charge is 0.223 e. The molecule has 0 radical (unpaired) electrons. The number of carbonyl (C=O) groups excluding carboxylic acids is 1. The molecule has 1 amide bonds. The van der Waals surface area contributed by atoms with Gasteiger partial charge in [0.25, 0.3) is 0 Å². The molecular formula is C14H20ClN3O. The Hall–Kier alpha value is -1.10. The van der Waals surface area contributed by atoms with Crippen LogP contribution in [0.4, 0.5) is 0 Å². The summed E-state index contributed by atoms with van der Waals surface area (Å²) in [6.07, 6.45) is 0.453. The zero-order chi connectivity index (χ0) is 13.7. The number of nitrogens with two attached hydrogens (primary N) is 1. The summed E-state index contributed by atoms with van der Waals surface area (Å²) in [4.78, 5) is 16.0. The van der Waals surface area contributed by atoms with Gasteiger partial charge in [-0.05, 0) is 17.7 Å². The average molecular weight is 282 g/mol. The van der Waals surface area contributed by atoms with Gasteiger partial charge >= 0.3 is 0 Å². The number of hydrogen-bond donors (Lipinski definition) is 1. The predicted molar refractivity (Wildman–Crippen MR) is 77.0 cm³/mol. The SMILES string of the molecule is NCCC(=O)N1CCN(Cc2cccc(Cl)c2)CC1. The lowest BCUT2D eigenvalue weighted by atomic mass is 10.2. The van der Waals surface area contributed by atoms with Crippen molar-refractivity contribution in [3.63, 3.8) is 0 Å². The van der Waals surface area contributed by atoms with Crippen LogP contribution in [0.2, 0.25) is 5.02 Å². The zero-order valence-corrected chi connectivity index (χ0v) is 11.8. The van der Waals surface area contributed by atoms with Gasteiger partial charge in [0.1, 0.15) is 0 Å². The third kappa shape index (κ3) is 4.20. The van der Waals surface area contributed by atoms with Crippen molar-refractivity contribution in [2.75, 3.05) is 32.7 Å². The van der Waals surface area contributed by atoms with Crippen LogP contribution in [-0.2, 0) is 11.3 Å². The lowest BCUT2D eigenvalue weighted by molar-refractivity contribution is -0.132. The highest BCUT2D eigenvalue weighted by Crippen LogP contribution is 2.14. The molecule has 1 aliphatic heterocycles. The van der Waals surface area contributed by atoms with Crippen molar-refractivity contribution in [2.24, 2.45) is 5.73 Å². The number of carbonyl (C=O) groups is 1. The monoisotopic (exact) mass is 281 g/mol. The molecule has 0 atom stereocenters. The molecule has 0 aliphatic carbocycles.